The number of carboxylic acids is 1. The number of aromatic nitrogens is 2. The number of carboxylic acid groups (broad SMARTS) is 1. The van der Waals surface area contributed by atoms with Gasteiger partial charge in [-0.05, 0) is 52.8 Å². The number of carbonyl (C=O) groups excluding carboxylic acids is 1. The second kappa shape index (κ2) is 10.4. The highest BCUT2D eigenvalue weighted by Gasteiger charge is 2.51. The van der Waals surface area contributed by atoms with Gasteiger partial charge in [-0.15, -0.1) is 0 Å². The van der Waals surface area contributed by atoms with Crippen molar-refractivity contribution in [3.05, 3.63) is 30.1 Å². The largest absolute Gasteiger partial charge is 0.486 e. The molecule has 2 heterocycles. The number of carbonyl (C=O) groups is 2. The zero-order chi connectivity index (χ0) is 30.4. The van der Waals surface area contributed by atoms with Crippen LogP contribution in [-0.4, -0.2) is 59.8 Å². The van der Waals surface area contributed by atoms with Crippen molar-refractivity contribution in [2.45, 2.75) is 70.4 Å². The number of aliphatic carboxylic acids is 1. The molecule has 17 heteroatoms. The van der Waals surface area contributed by atoms with Crippen molar-refractivity contribution < 1.29 is 54.5 Å². The predicted molar refractivity (Wildman–Crippen MR) is 130 cm³/mol. The molecule has 0 aliphatic carbocycles. The molecule has 222 valence electrons. The molecule has 2 aromatic rings. The Morgan fingerprint density at radius 3 is 2.38 bits per heavy atom. The molecule has 1 aliphatic heterocycles. The zero-order valence-corrected chi connectivity index (χ0v) is 22.7. The first-order chi connectivity index (χ1) is 18.2. The van der Waals surface area contributed by atoms with Crippen LogP contribution in [0.2, 0.25) is 0 Å². The summed E-state index contributed by atoms with van der Waals surface area (Å²) in [5, 5.41) is 15.1. The van der Waals surface area contributed by atoms with Crippen molar-refractivity contribution in [2.24, 2.45) is 5.41 Å². The molecule has 11 nitrogen and oxygen atoms in total. The Balaban J connectivity index is 2.04. The molecular formula is C23H27F5N4O7S. The number of fused-ring (bicyclic) bond motifs is 1. The van der Waals surface area contributed by atoms with Gasteiger partial charge in [0.2, 0.25) is 5.60 Å². The number of sulfonamides is 1. The smallest absolute Gasteiger partial charge is 0.427 e. The van der Waals surface area contributed by atoms with Crippen LogP contribution in [0.15, 0.2) is 29.3 Å². The third kappa shape index (κ3) is 6.23. The van der Waals surface area contributed by atoms with Crippen molar-refractivity contribution in [3.8, 4) is 5.75 Å². The van der Waals surface area contributed by atoms with Crippen LogP contribution in [0.1, 0.15) is 46.4 Å². The zero-order valence-electron chi connectivity index (χ0n) is 21.9. The molecule has 40 heavy (non-hydrogen) atoms. The molecule has 0 spiro atoms. The van der Waals surface area contributed by atoms with E-state index in [0.717, 1.165) is 10.4 Å². The van der Waals surface area contributed by atoms with E-state index in [1.54, 1.807) is 0 Å². The normalized spacial score (nSPS) is 16.4. The van der Waals surface area contributed by atoms with Crippen LogP contribution < -0.4 is 14.4 Å². The number of hydrogen-bond acceptors (Lipinski definition) is 7. The summed E-state index contributed by atoms with van der Waals surface area (Å²) in [4.78, 5) is 23.3. The first-order valence-corrected chi connectivity index (χ1v) is 13.1. The maximum atomic E-state index is 13.7. The number of hydrogen-bond donors (Lipinski definition) is 2. The number of aryl methyl sites for hydroxylation is 1. The van der Waals surface area contributed by atoms with E-state index in [9.17, 15) is 45.1 Å². The number of rotatable bonds is 8. The topological polar surface area (TPSA) is 140 Å². The number of halogens is 5. The Labute approximate surface area is 225 Å². The van der Waals surface area contributed by atoms with Crippen molar-refractivity contribution in [1.29, 1.82) is 0 Å². The van der Waals surface area contributed by atoms with Gasteiger partial charge in [0.15, 0.2) is 0 Å². The van der Waals surface area contributed by atoms with Crippen LogP contribution in [-0.2, 0) is 19.6 Å². The predicted octanol–water partition coefficient (Wildman–Crippen LogP) is 4.93. The molecule has 1 amide bonds. The maximum absolute atomic E-state index is 13.7. The number of alkyl halides is 5. The SMILES string of the molecule is Cc1nn(C(F)F)cc1S(=O)(=O)N1CC(CC(C)(C)C(=O)O)Oc2ccc(NC(=O)OC(C)(C)C(F)(F)F)cc21. The molecule has 3 rings (SSSR count). The lowest BCUT2D eigenvalue weighted by Gasteiger charge is -2.37. The van der Waals surface area contributed by atoms with E-state index in [1.807, 2.05) is 0 Å². The summed E-state index contributed by atoms with van der Waals surface area (Å²) in [7, 11) is -4.62. The first-order valence-electron chi connectivity index (χ1n) is 11.6. The van der Waals surface area contributed by atoms with Gasteiger partial charge in [-0.2, -0.15) is 27.1 Å². The Kier molecular flexibility index (Phi) is 8.04. The van der Waals surface area contributed by atoms with Crippen LogP contribution >= 0.6 is 0 Å². The van der Waals surface area contributed by atoms with Gasteiger partial charge in [-0.3, -0.25) is 14.4 Å². The summed E-state index contributed by atoms with van der Waals surface area (Å²) in [6, 6.07) is 3.51. The Morgan fingerprint density at radius 1 is 1.23 bits per heavy atom. The average Bonchev–Trinajstić information content (AvgIpc) is 3.20. The fraction of sp³-hybridized carbons (Fsp3) is 0.522. The number of benzene rings is 1. The fourth-order valence-corrected chi connectivity index (χ4v) is 5.41. The summed E-state index contributed by atoms with van der Waals surface area (Å²) in [5.41, 5.74) is -4.79. The van der Waals surface area contributed by atoms with Crippen LogP contribution in [0.5, 0.6) is 5.75 Å². The fourth-order valence-electron chi connectivity index (χ4n) is 3.75. The minimum Gasteiger partial charge on any atom is -0.486 e. The van der Waals surface area contributed by atoms with Crippen molar-refractivity contribution >= 4 is 33.5 Å². The number of nitrogens with one attached hydrogen (secondary N) is 1. The summed E-state index contributed by atoms with van der Waals surface area (Å²) in [5.74, 6) is -1.25. The van der Waals surface area contributed by atoms with Crippen LogP contribution in [0, 0.1) is 12.3 Å². The number of nitrogens with zero attached hydrogens (tertiary/aromatic N) is 3. The summed E-state index contributed by atoms with van der Waals surface area (Å²) in [6.45, 7) is 1.71. The molecule has 0 bridgehead atoms. The van der Waals surface area contributed by atoms with Gasteiger partial charge < -0.3 is 14.6 Å². The molecule has 2 N–H and O–H groups in total. The molecular weight excluding hydrogens is 571 g/mol. The molecule has 1 aromatic heterocycles. The minimum absolute atomic E-state index is 0.0746. The molecule has 1 aromatic carbocycles. The lowest BCUT2D eigenvalue weighted by Crippen LogP contribution is -2.46. The molecule has 0 fully saturated rings. The summed E-state index contributed by atoms with van der Waals surface area (Å²) < 4.78 is 104. The van der Waals surface area contributed by atoms with Crippen molar-refractivity contribution in [3.63, 3.8) is 0 Å². The van der Waals surface area contributed by atoms with Crippen LogP contribution in [0.4, 0.5) is 38.1 Å². The van der Waals surface area contributed by atoms with Crippen LogP contribution in [0.3, 0.4) is 0 Å². The highest BCUT2D eigenvalue weighted by molar-refractivity contribution is 7.92. The summed E-state index contributed by atoms with van der Waals surface area (Å²) >= 11 is 0. The maximum Gasteiger partial charge on any atom is 0.427 e. The molecule has 0 saturated carbocycles. The number of anilines is 2. The molecule has 1 aliphatic rings. The lowest BCUT2D eigenvalue weighted by molar-refractivity contribution is -0.242. The monoisotopic (exact) mass is 598 g/mol. The highest BCUT2D eigenvalue weighted by atomic mass is 32.2. The standard InChI is InChI=1S/C23H27F5N4O7S/c1-12-17(11-31(30-12)19(24)25)40(36,37)32-10-14(9-21(2,3)18(33)34)38-16-7-6-13(8-15(16)32)29-20(35)39-22(4,5)23(26,27)28/h6-8,11,14,19H,9-10H2,1-5H3,(H,29,35)(H,33,34). The molecule has 0 saturated heterocycles. The van der Waals surface area contributed by atoms with Crippen molar-refractivity contribution in [2.75, 3.05) is 16.2 Å². The lowest BCUT2D eigenvalue weighted by atomic mass is 9.86. The number of amides is 1. The Morgan fingerprint density at radius 2 is 1.85 bits per heavy atom. The van der Waals surface area contributed by atoms with E-state index in [0.29, 0.717) is 20.0 Å². The second-order valence-corrected chi connectivity index (χ2v) is 12.0. The quantitative estimate of drug-likeness (QED) is 0.408. The Hall–Kier alpha value is -3.63. The van der Waals surface area contributed by atoms with Gasteiger partial charge in [-0.1, -0.05) is 0 Å². The summed E-state index contributed by atoms with van der Waals surface area (Å²) in [6.07, 6.45) is -6.88. The second-order valence-electron chi connectivity index (χ2n) is 10.2. The minimum atomic E-state index is -4.88. The highest BCUT2D eigenvalue weighted by Crippen LogP contribution is 2.42. The van der Waals surface area contributed by atoms with Gasteiger partial charge in [-0.25, -0.2) is 17.9 Å². The van der Waals surface area contributed by atoms with E-state index >= 15 is 0 Å². The van der Waals surface area contributed by atoms with E-state index < -0.39 is 63.4 Å². The van der Waals surface area contributed by atoms with E-state index in [1.165, 1.54) is 32.9 Å². The third-order valence-corrected chi connectivity index (χ3v) is 8.01. The van der Waals surface area contributed by atoms with E-state index in [2.05, 4.69) is 15.2 Å². The van der Waals surface area contributed by atoms with Crippen molar-refractivity contribution in [1.82, 2.24) is 9.78 Å². The van der Waals surface area contributed by atoms with E-state index in [-0.39, 0.29) is 33.9 Å². The molecule has 1 unspecified atom stereocenters. The first kappa shape index (κ1) is 30.9. The van der Waals surface area contributed by atoms with Gasteiger partial charge >= 0.3 is 24.8 Å². The van der Waals surface area contributed by atoms with Gasteiger partial charge in [0, 0.05) is 12.1 Å². The van der Waals surface area contributed by atoms with Gasteiger partial charge in [0.25, 0.3) is 10.0 Å². The van der Waals surface area contributed by atoms with Gasteiger partial charge in [0.05, 0.1) is 29.5 Å². The van der Waals surface area contributed by atoms with Crippen LogP contribution in [0.25, 0.3) is 0 Å². The average molecular weight is 599 g/mol. The van der Waals surface area contributed by atoms with E-state index in [4.69, 9.17) is 4.74 Å². The number of ether oxygens (including phenoxy) is 2. The Bertz CT molecular complexity index is 1410. The van der Waals surface area contributed by atoms with Gasteiger partial charge in [0.1, 0.15) is 16.7 Å². The molecule has 0 radical (unpaired) electrons. The third-order valence-electron chi connectivity index (χ3n) is 6.12. The molecule has 1 atom stereocenters.